The molecule has 198 valence electrons. The SMILES string of the molecule is c1csc(-n2c3ccccc3c3cccc(-c4cc(-c5cccc6c7ccccc7n(-c7cccs7)c56)ncn4)c32)c1. The van der Waals surface area contributed by atoms with Crippen molar-refractivity contribution < 1.29 is 0 Å². The van der Waals surface area contributed by atoms with Crippen molar-refractivity contribution in [1.82, 2.24) is 19.1 Å². The Morgan fingerprint density at radius 1 is 0.452 bits per heavy atom. The Balaban J connectivity index is 1.33. The van der Waals surface area contributed by atoms with Gasteiger partial charge >= 0.3 is 0 Å². The van der Waals surface area contributed by atoms with Crippen LogP contribution in [-0.4, -0.2) is 19.1 Å². The first-order valence-corrected chi connectivity index (χ1v) is 15.6. The molecule has 6 heteroatoms. The van der Waals surface area contributed by atoms with Crippen LogP contribution in [0.3, 0.4) is 0 Å². The third-order valence-electron chi connectivity index (χ3n) is 8.06. The molecule has 0 fully saturated rings. The van der Waals surface area contributed by atoms with E-state index in [2.05, 4.69) is 135 Å². The molecule has 0 aliphatic carbocycles. The van der Waals surface area contributed by atoms with Gasteiger partial charge in [0.25, 0.3) is 0 Å². The van der Waals surface area contributed by atoms with Crippen molar-refractivity contribution in [2.75, 3.05) is 0 Å². The second kappa shape index (κ2) is 9.24. The number of rotatable bonds is 4. The molecule has 0 bridgehead atoms. The van der Waals surface area contributed by atoms with Gasteiger partial charge in [-0.25, -0.2) is 9.97 Å². The van der Waals surface area contributed by atoms with Gasteiger partial charge in [-0.3, -0.25) is 9.13 Å². The Morgan fingerprint density at radius 2 is 0.929 bits per heavy atom. The number of hydrogen-bond donors (Lipinski definition) is 0. The molecule has 9 rings (SSSR count). The number of hydrogen-bond acceptors (Lipinski definition) is 4. The van der Waals surface area contributed by atoms with E-state index in [1.165, 1.54) is 42.6 Å². The molecule has 0 saturated heterocycles. The average molecular weight is 575 g/mol. The number of para-hydroxylation sites is 4. The van der Waals surface area contributed by atoms with Gasteiger partial charge in [0.1, 0.15) is 6.33 Å². The largest absolute Gasteiger partial charge is 0.300 e. The fourth-order valence-corrected chi connectivity index (χ4v) is 7.85. The predicted octanol–water partition coefficient (Wildman–Crippen LogP) is 10.1. The summed E-state index contributed by atoms with van der Waals surface area (Å²) in [6.45, 7) is 0. The minimum Gasteiger partial charge on any atom is -0.300 e. The van der Waals surface area contributed by atoms with Crippen molar-refractivity contribution in [2.24, 2.45) is 0 Å². The van der Waals surface area contributed by atoms with E-state index in [4.69, 9.17) is 9.97 Å². The minimum absolute atomic E-state index is 0.905. The van der Waals surface area contributed by atoms with Crippen LogP contribution in [0.25, 0.3) is 76.1 Å². The highest BCUT2D eigenvalue weighted by molar-refractivity contribution is 7.12. The molecule has 0 spiro atoms. The first-order chi connectivity index (χ1) is 20.9. The van der Waals surface area contributed by atoms with Crippen LogP contribution in [0.2, 0.25) is 0 Å². The lowest BCUT2D eigenvalue weighted by atomic mass is 10.0. The summed E-state index contributed by atoms with van der Waals surface area (Å²) in [5.41, 5.74) is 8.71. The van der Waals surface area contributed by atoms with E-state index < -0.39 is 0 Å². The molecular formula is C36H22N4S2. The third kappa shape index (κ3) is 3.40. The number of fused-ring (bicyclic) bond motifs is 6. The van der Waals surface area contributed by atoms with Crippen molar-refractivity contribution in [3.05, 3.63) is 132 Å². The van der Waals surface area contributed by atoms with Crippen molar-refractivity contribution >= 4 is 66.3 Å². The van der Waals surface area contributed by atoms with Gasteiger partial charge in [-0.1, -0.05) is 72.8 Å². The summed E-state index contributed by atoms with van der Waals surface area (Å²) < 4.78 is 4.75. The van der Waals surface area contributed by atoms with Crippen LogP contribution in [0.1, 0.15) is 0 Å². The zero-order valence-corrected chi connectivity index (χ0v) is 23.9. The summed E-state index contributed by atoms with van der Waals surface area (Å²) in [7, 11) is 0. The van der Waals surface area contributed by atoms with Crippen LogP contribution in [0.5, 0.6) is 0 Å². The summed E-state index contributed by atoms with van der Waals surface area (Å²) in [6.07, 6.45) is 1.71. The lowest BCUT2D eigenvalue weighted by molar-refractivity contribution is 1.16. The molecule has 9 aromatic rings. The molecule has 0 aliphatic heterocycles. The fourth-order valence-electron chi connectivity index (χ4n) is 6.35. The summed E-state index contributed by atoms with van der Waals surface area (Å²) in [4.78, 5) is 9.69. The van der Waals surface area contributed by atoms with Crippen LogP contribution in [0.4, 0.5) is 0 Å². The molecule has 5 heterocycles. The molecular weight excluding hydrogens is 553 g/mol. The average Bonchev–Trinajstić information content (AvgIpc) is 3.86. The third-order valence-corrected chi connectivity index (χ3v) is 9.77. The van der Waals surface area contributed by atoms with Gasteiger partial charge in [0.2, 0.25) is 0 Å². The number of nitrogens with zero attached hydrogens (tertiary/aromatic N) is 4. The fraction of sp³-hybridized carbons (Fsp3) is 0. The quantitative estimate of drug-likeness (QED) is 0.210. The maximum absolute atomic E-state index is 4.85. The first-order valence-electron chi connectivity index (χ1n) is 13.8. The minimum atomic E-state index is 0.905. The molecule has 0 saturated carbocycles. The van der Waals surface area contributed by atoms with E-state index in [-0.39, 0.29) is 0 Å². The van der Waals surface area contributed by atoms with E-state index in [1.54, 1.807) is 29.0 Å². The number of thiophene rings is 2. The van der Waals surface area contributed by atoms with Gasteiger partial charge in [-0.05, 0) is 53.2 Å². The molecule has 4 nitrogen and oxygen atoms in total. The summed E-state index contributed by atoms with van der Waals surface area (Å²) in [5, 5.41) is 11.6. The second-order valence-corrected chi connectivity index (χ2v) is 12.2. The van der Waals surface area contributed by atoms with E-state index in [1.807, 2.05) is 0 Å². The maximum atomic E-state index is 4.85. The normalized spacial score (nSPS) is 11.8. The van der Waals surface area contributed by atoms with Gasteiger partial charge in [0, 0.05) is 32.7 Å². The molecule has 0 N–H and O–H groups in total. The molecule has 0 amide bonds. The molecule has 0 aliphatic rings. The van der Waals surface area contributed by atoms with Crippen LogP contribution >= 0.6 is 22.7 Å². The molecule has 42 heavy (non-hydrogen) atoms. The Morgan fingerprint density at radius 3 is 1.40 bits per heavy atom. The standard InChI is InChI=1S/C36H22N4S2/c1-3-15-31-23(9-1)25-11-5-13-27(35(25)39(31)33-17-7-19-41-33)29-21-30(38-22-37-29)28-14-6-12-26-24-10-2-4-16-32(24)40(36(26)28)34-18-8-20-42-34/h1-22H. The zero-order chi connectivity index (χ0) is 27.6. The monoisotopic (exact) mass is 574 g/mol. The lowest BCUT2D eigenvalue weighted by Gasteiger charge is -2.12. The highest BCUT2D eigenvalue weighted by Crippen LogP contribution is 2.41. The summed E-state index contributed by atoms with van der Waals surface area (Å²) in [6, 6.07) is 41.1. The predicted molar refractivity (Wildman–Crippen MR) is 177 cm³/mol. The Hall–Kier alpha value is -5.04. The lowest BCUT2D eigenvalue weighted by Crippen LogP contribution is -1.96. The second-order valence-electron chi connectivity index (χ2n) is 10.3. The Bertz CT molecular complexity index is 2240. The van der Waals surface area contributed by atoms with Crippen LogP contribution in [0.15, 0.2) is 132 Å². The maximum Gasteiger partial charge on any atom is 0.116 e. The highest BCUT2D eigenvalue weighted by atomic mass is 32.1. The van der Waals surface area contributed by atoms with Gasteiger partial charge < -0.3 is 0 Å². The zero-order valence-electron chi connectivity index (χ0n) is 22.3. The van der Waals surface area contributed by atoms with E-state index in [0.29, 0.717) is 0 Å². The van der Waals surface area contributed by atoms with Gasteiger partial charge in [-0.15, -0.1) is 22.7 Å². The van der Waals surface area contributed by atoms with Crippen LogP contribution < -0.4 is 0 Å². The van der Waals surface area contributed by atoms with E-state index >= 15 is 0 Å². The smallest absolute Gasteiger partial charge is 0.116 e. The first kappa shape index (κ1) is 23.6. The van der Waals surface area contributed by atoms with Crippen molar-refractivity contribution in [3.8, 4) is 32.5 Å². The topological polar surface area (TPSA) is 35.6 Å². The Labute approximate surface area is 249 Å². The number of aromatic nitrogens is 4. The highest BCUT2D eigenvalue weighted by Gasteiger charge is 2.20. The molecule has 0 radical (unpaired) electrons. The number of benzene rings is 4. The van der Waals surface area contributed by atoms with Crippen LogP contribution in [-0.2, 0) is 0 Å². The summed E-state index contributed by atoms with van der Waals surface area (Å²) >= 11 is 3.49. The van der Waals surface area contributed by atoms with Gasteiger partial charge in [0.15, 0.2) is 0 Å². The van der Waals surface area contributed by atoms with Crippen molar-refractivity contribution in [3.63, 3.8) is 0 Å². The molecule has 0 unspecified atom stereocenters. The summed E-state index contributed by atoms with van der Waals surface area (Å²) in [5.74, 6) is 0. The van der Waals surface area contributed by atoms with Gasteiger partial charge in [0.05, 0.1) is 43.5 Å². The van der Waals surface area contributed by atoms with E-state index in [0.717, 1.165) is 33.5 Å². The van der Waals surface area contributed by atoms with E-state index in [9.17, 15) is 0 Å². The van der Waals surface area contributed by atoms with Crippen molar-refractivity contribution in [1.29, 1.82) is 0 Å². The van der Waals surface area contributed by atoms with Crippen LogP contribution in [0, 0.1) is 0 Å². The van der Waals surface area contributed by atoms with Crippen molar-refractivity contribution in [2.45, 2.75) is 0 Å². The molecule has 0 atom stereocenters. The molecule has 5 aromatic heterocycles. The molecule has 4 aromatic carbocycles. The van der Waals surface area contributed by atoms with Gasteiger partial charge in [-0.2, -0.15) is 0 Å². The Kier molecular flexibility index (Phi) is 5.20.